The fourth-order valence-corrected chi connectivity index (χ4v) is 3.80. The molecule has 144 valence electrons. The number of nitrogens with one attached hydrogen (secondary N) is 1. The van der Waals surface area contributed by atoms with Crippen LogP contribution in [0.2, 0.25) is 0 Å². The number of piperidine rings is 1. The molecule has 28 heavy (non-hydrogen) atoms. The SMILES string of the molecule is O=C(c1ccc(-c2ncn[nH]2)cc1)N1CCCC(CCc2ccc(F)cc2)C1. The predicted octanol–water partition coefficient (Wildman–Crippen LogP) is 4.10. The molecule has 1 aliphatic rings. The molecule has 2 heterocycles. The minimum absolute atomic E-state index is 0.0793. The van der Waals surface area contributed by atoms with Crippen LogP contribution in [-0.4, -0.2) is 39.1 Å². The van der Waals surface area contributed by atoms with Crippen LogP contribution in [-0.2, 0) is 6.42 Å². The van der Waals surface area contributed by atoms with Crippen molar-refractivity contribution < 1.29 is 9.18 Å². The zero-order valence-electron chi connectivity index (χ0n) is 15.6. The van der Waals surface area contributed by atoms with Gasteiger partial charge < -0.3 is 4.90 Å². The van der Waals surface area contributed by atoms with Crippen LogP contribution in [0.4, 0.5) is 4.39 Å². The molecule has 0 bridgehead atoms. The fourth-order valence-electron chi connectivity index (χ4n) is 3.80. The highest BCUT2D eigenvalue weighted by molar-refractivity contribution is 5.94. The van der Waals surface area contributed by atoms with Crippen molar-refractivity contribution in [2.24, 2.45) is 5.92 Å². The Kier molecular flexibility index (Phi) is 5.46. The number of carbonyl (C=O) groups excluding carboxylic acids is 1. The van der Waals surface area contributed by atoms with E-state index in [1.807, 2.05) is 41.3 Å². The van der Waals surface area contributed by atoms with Gasteiger partial charge in [0, 0.05) is 24.2 Å². The minimum Gasteiger partial charge on any atom is -0.338 e. The minimum atomic E-state index is -0.201. The van der Waals surface area contributed by atoms with Gasteiger partial charge in [-0.2, -0.15) is 5.10 Å². The van der Waals surface area contributed by atoms with Crippen LogP contribution in [0.25, 0.3) is 11.4 Å². The number of rotatable bonds is 5. The lowest BCUT2D eigenvalue weighted by atomic mass is 9.91. The lowest BCUT2D eigenvalue weighted by Gasteiger charge is -2.33. The van der Waals surface area contributed by atoms with Crippen molar-refractivity contribution in [1.82, 2.24) is 20.1 Å². The van der Waals surface area contributed by atoms with Crippen LogP contribution in [0.15, 0.2) is 54.9 Å². The molecule has 1 saturated heterocycles. The van der Waals surface area contributed by atoms with Gasteiger partial charge in [0.15, 0.2) is 5.82 Å². The molecule has 1 fully saturated rings. The molecule has 3 aromatic rings. The number of hydrogen-bond acceptors (Lipinski definition) is 3. The number of aromatic amines is 1. The van der Waals surface area contributed by atoms with E-state index in [0.29, 0.717) is 17.3 Å². The summed E-state index contributed by atoms with van der Waals surface area (Å²) in [5, 5.41) is 6.68. The summed E-state index contributed by atoms with van der Waals surface area (Å²) in [6.07, 6.45) is 5.55. The number of halogens is 1. The summed E-state index contributed by atoms with van der Waals surface area (Å²) in [7, 11) is 0. The maximum absolute atomic E-state index is 13.0. The molecule has 1 amide bonds. The molecule has 4 rings (SSSR count). The van der Waals surface area contributed by atoms with E-state index in [0.717, 1.165) is 49.9 Å². The van der Waals surface area contributed by atoms with Gasteiger partial charge in [-0.15, -0.1) is 0 Å². The molecule has 0 spiro atoms. The first-order valence-electron chi connectivity index (χ1n) is 9.68. The molecule has 1 aliphatic heterocycles. The average Bonchev–Trinajstić information content (AvgIpc) is 3.28. The van der Waals surface area contributed by atoms with Crippen molar-refractivity contribution >= 4 is 5.91 Å². The third-order valence-corrected chi connectivity index (χ3v) is 5.38. The van der Waals surface area contributed by atoms with Crippen LogP contribution >= 0.6 is 0 Å². The average molecular weight is 378 g/mol. The second kappa shape index (κ2) is 8.33. The molecule has 5 nitrogen and oxygen atoms in total. The predicted molar refractivity (Wildman–Crippen MR) is 105 cm³/mol. The number of hydrogen-bond donors (Lipinski definition) is 1. The van der Waals surface area contributed by atoms with E-state index in [2.05, 4.69) is 15.2 Å². The maximum Gasteiger partial charge on any atom is 0.253 e. The number of nitrogens with zero attached hydrogens (tertiary/aromatic N) is 3. The highest BCUT2D eigenvalue weighted by Crippen LogP contribution is 2.24. The van der Waals surface area contributed by atoms with Crippen LogP contribution in [0.1, 0.15) is 35.2 Å². The first-order chi connectivity index (χ1) is 13.7. The van der Waals surface area contributed by atoms with Crippen LogP contribution < -0.4 is 0 Å². The van der Waals surface area contributed by atoms with Crippen molar-refractivity contribution in [3.8, 4) is 11.4 Å². The summed E-state index contributed by atoms with van der Waals surface area (Å²) in [6.45, 7) is 1.58. The van der Waals surface area contributed by atoms with Gasteiger partial charge in [-0.05, 0) is 61.4 Å². The zero-order valence-corrected chi connectivity index (χ0v) is 15.6. The number of carbonyl (C=O) groups is 1. The topological polar surface area (TPSA) is 61.9 Å². The molecule has 0 aliphatic carbocycles. The molecule has 0 saturated carbocycles. The van der Waals surface area contributed by atoms with Gasteiger partial charge in [0.1, 0.15) is 12.1 Å². The van der Waals surface area contributed by atoms with Crippen LogP contribution in [0.5, 0.6) is 0 Å². The van der Waals surface area contributed by atoms with E-state index in [9.17, 15) is 9.18 Å². The summed E-state index contributed by atoms with van der Waals surface area (Å²) >= 11 is 0. The van der Waals surface area contributed by atoms with Gasteiger partial charge in [-0.1, -0.05) is 24.3 Å². The van der Waals surface area contributed by atoms with E-state index in [-0.39, 0.29) is 11.7 Å². The quantitative estimate of drug-likeness (QED) is 0.727. The number of H-pyrrole nitrogens is 1. The summed E-state index contributed by atoms with van der Waals surface area (Å²) in [5.74, 6) is 1.05. The van der Waals surface area contributed by atoms with E-state index in [1.54, 1.807) is 0 Å². The maximum atomic E-state index is 13.0. The third kappa shape index (κ3) is 4.27. The van der Waals surface area contributed by atoms with Crippen molar-refractivity contribution in [2.45, 2.75) is 25.7 Å². The number of likely N-dealkylation sites (tertiary alicyclic amines) is 1. The van der Waals surface area contributed by atoms with Crippen molar-refractivity contribution in [3.05, 3.63) is 71.8 Å². The molecule has 2 aromatic carbocycles. The van der Waals surface area contributed by atoms with E-state index >= 15 is 0 Å². The van der Waals surface area contributed by atoms with Crippen LogP contribution in [0, 0.1) is 11.7 Å². The van der Waals surface area contributed by atoms with E-state index in [4.69, 9.17) is 0 Å². The summed E-state index contributed by atoms with van der Waals surface area (Å²) < 4.78 is 13.0. The zero-order chi connectivity index (χ0) is 19.3. The van der Waals surface area contributed by atoms with Crippen LogP contribution in [0.3, 0.4) is 0 Å². The molecule has 6 heteroatoms. The van der Waals surface area contributed by atoms with E-state index in [1.165, 1.54) is 18.5 Å². The molecule has 1 unspecified atom stereocenters. The lowest BCUT2D eigenvalue weighted by molar-refractivity contribution is 0.0668. The Morgan fingerprint density at radius 2 is 1.93 bits per heavy atom. The Hall–Kier alpha value is -3.02. The monoisotopic (exact) mass is 378 g/mol. The second-order valence-electron chi connectivity index (χ2n) is 7.34. The van der Waals surface area contributed by atoms with Gasteiger partial charge in [0.25, 0.3) is 5.91 Å². The Morgan fingerprint density at radius 3 is 2.64 bits per heavy atom. The summed E-state index contributed by atoms with van der Waals surface area (Å²) in [5.41, 5.74) is 2.75. The number of benzene rings is 2. The lowest BCUT2D eigenvalue weighted by Crippen LogP contribution is -2.40. The van der Waals surface area contributed by atoms with Gasteiger partial charge >= 0.3 is 0 Å². The summed E-state index contributed by atoms with van der Waals surface area (Å²) in [4.78, 5) is 19.0. The van der Waals surface area contributed by atoms with Gasteiger partial charge in [-0.25, -0.2) is 9.37 Å². The molecule has 1 atom stereocenters. The Labute approximate surface area is 163 Å². The second-order valence-corrected chi connectivity index (χ2v) is 7.34. The molecular formula is C22H23FN4O. The third-order valence-electron chi connectivity index (χ3n) is 5.38. The normalized spacial score (nSPS) is 16.9. The van der Waals surface area contributed by atoms with E-state index < -0.39 is 0 Å². The summed E-state index contributed by atoms with van der Waals surface area (Å²) in [6, 6.07) is 14.2. The fraction of sp³-hybridized carbons (Fsp3) is 0.318. The Bertz CT molecular complexity index is 907. The standard InChI is InChI=1S/C22H23FN4O/c23-20-11-5-16(6-12-20)3-4-17-2-1-13-27(14-17)22(28)19-9-7-18(8-10-19)21-24-15-25-26-21/h5-12,15,17H,1-4,13-14H2,(H,24,25,26). The Balaban J connectivity index is 1.35. The largest absolute Gasteiger partial charge is 0.338 e. The first kappa shape index (κ1) is 18.3. The number of amides is 1. The van der Waals surface area contributed by atoms with Crippen molar-refractivity contribution in [3.63, 3.8) is 0 Å². The van der Waals surface area contributed by atoms with Gasteiger partial charge in [0.05, 0.1) is 0 Å². The highest BCUT2D eigenvalue weighted by Gasteiger charge is 2.24. The van der Waals surface area contributed by atoms with Crippen molar-refractivity contribution in [2.75, 3.05) is 13.1 Å². The van der Waals surface area contributed by atoms with Crippen molar-refractivity contribution in [1.29, 1.82) is 0 Å². The molecular weight excluding hydrogens is 355 g/mol. The number of aromatic nitrogens is 3. The molecule has 1 N–H and O–H groups in total. The highest BCUT2D eigenvalue weighted by atomic mass is 19.1. The van der Waals surface area contributed by atoms with Gasteiger partial charge in [-0.3, -0.25) is 9.89 Å². The smallest absolute Gasteiger partial charge is 0.253 e. The van der Waals surface area contributed by atoms with Gasteiger partial charge in [0.2, 0.25) is 0 Å². The molecule has 1 aromatic heterocycles. The first-order valence-corrected chi connectivity index (χ1v) is 9.68. The Morgan fingerprint density at radius 1 is 1.14 bits per heavy atom. The number of aryl methyl sites for hydroxylation is 1. The molecule has 0 radical (unpaired) electrons.